The summed E-state index contributed by atoms with van der Waals surface area (Å²) in [6.07, 6.45) is 2.03. The van der Waals surface area contributed by atoms with E-state index in [1.807, 2.05) is 51.3 Å². The molecule has 0 aliphatic heterocycles. The zero-order valence-electron chi connectivity index (χ0n) is 15.8. The van der Waals surface area contributed by atoms with Gasteiger partial charge in [-0.3, -0.25) is 4.79 Å². The van der Waals surface area contributed by atoms with Gasteiger partial charge in [0.2, 0.25) is 5.89 Å². The fraction of sp³-hybridized carbons (Fsp3) is 0.300. The van der Waals surface area contributed by atoms with Crippen LogP contribution in [0.15, 0.2) is 51.8 Å². The van der Waals surface area contributed by atoms with Crippen LogP contribution in [0, 0.1) is 0 Å². The minimum absolute atomic E-state index is 0.244. The molecular weight excluding hydrogens is 360 g/mol. The number of hydrogen-bond acceptors (Lipinski definition) is 6. The van der Waals surface area contributed by atoms with Crippen LogP contribution in [0.4, 0.5) is 0 Å². The van der Waals surface area contributed by atoms with Crippen molar-refractivity contribution >= 4 is 17.7 Å². The second-order valence-electron chi connectivity index (χ2n) is 7.10. The summed E-state index contributed by atoms with van der Waals surface area (Å²) < 4.78 is 5.70. The quantitative estimate of drug-likeness (QED) is 0.670. The van der Waals surface area contributed by atoms with Crippen LogP contribution in [0.2, 0.25) is 0 Å². The van der Waals surface area contributed by atoms with Crippen molar-refractivity contribution in [2.24, 2.45) is 0 Å². The number of hydrogen-bond donors (Lipinski definition) is 1. The molecule has 3 rings (SSSR count). The molecule has 1 amide bonds. The lowest BCUT2D eigenvalue weighted by molar-refractivity contribution is 0.0946. The SMILES string of the molecule is CSc1ccc(CNC(=O)c2cccc(-c3nnc(C(C)(C)C)o3)n2)cc1. The van der Waals surface area contributed by atoms with Gasteiger partial charge in [0, 0.05) is 16.9 Å². The number of amides is 1. The Morgan fingerprint density at radius 2 is 1.85 bits per heavy atom. The average Bonchev–Trinajstić information content (AvgIpc) is 3.17. The topological polar surface area (TPSA) is 80.9 Å². The van der Waals surface area contributed by atoms with Gasteiger partial charge >= 0.3 is 0 Å². The van der Waals surface area contributed by atoms with Crippen molar-refractivity contribution in [2.45, 2.75) is 37.6 Å². The van der Waals surface area contributed by atoms with Crippen molar-refractivity contribution in [1.29, 1.82) is 0 Å². The maximum absolute atomic E-state index is 12.4. The molecule has 2 aromatic heterocycles. The molecular formula is C20H22N4O2S. The Hall–Kier alpha value is -2.67. The molecule has 0 bridgehead atoms. The first-order chi connectivity index (χ1) is 12.9. The lowest BCUT2D eigenvalue weighted by atomic mass is 9.97. The summed E-state index contributed by atoms with van der Waals surface area (Å²) in [5.41, 5.74) is 1.58. The Morgan fingerprint density at radius 1 is 1.11 bits per heavy atom. The molecule has 0 aliphatic carbocycles. The highest BCUT2D eigenvalue weighted by atomic mass is 32.2. The summed E-state index contributed by atoms with van der Waals surface area (Å²) in [6, 6.07) is 13.2. The fourth-order valence-electron chi connectivity index (χ4n) is 2.33. The van der Waals surface area contributed by atoms with Crippen molar-refractivity contribution in [2.75, 3.05) is 6.26 Å². The van der Waals surface area contributed by atoms with E-state index in [0.29, 0.717) is 29.7 Å². The molecule has 1 aromatic carbocycles. The third-order valence-corrected chi connectivity index (χ3v) is 4.62. The zero-order chi connectivity index (χ0) is 19.4. The van der Waals surface area contributed by atoms with Gasteiger partial charge in [0.1, 0.15) is 11.4 Å². The van der Waals surface area contributed by atoms with E-state index in [4.69, 9.17) is 4.42 Å². The van der Waals surface area contributed by atoms with E-state index in [2.05, 4.69) is 20.5 Å². The Balaban J connectivity index is 1.70. The average molecular weight is 382 g/mol. The third kappa shape index (κ3) is 4.74. The van der Waals surface area contributed by atoms with Crippen LogP contribution in [0.1, 0.15) is 42.7 Å². The molecule has 3 aromatic rings. The van der Waals surface area contributed by atoms with E-state index in [1.165, 1.54) is 4.90 Å². The van der Waals surface area contributed by atoms with Gasteiger partial charge in [-0.2, -0.15) is 0 Å². The molecule has 27 heavy (non-hydrogen) atoms. The smallest absolute Gasteiger partial charge is 0.270 e. The van der Waals surface area contributed by atoms with Gasteiger partial charge in [-0.25, -0.2) is 4.98 Å². The van der Waals surface area contributed by atoms with Gasteiger partial charge in [-0.05, 0) is 36.1 Å². The Morgan fingerprint density at radius 3 is 2.48 bits per heavy atom. The van der Waals surface area contributed by atoms with Gasteiger partial charge < -0.3 is 9.73 Å². The highest BCUT2D eigenvalue weighted by molar-refractivity contribution is 7.98. The highest BCUT2D eigenvalue weighted by Gasteiger charge is 2.22. The largest absolute Gasteiger partial charge is 0.419 e. The van der Waals surface area contributed by atoms with E-state index in [1.54, 1.807) is 30.0 Å². The molecule has 0 aliphatic rings. The van der Waals surface area contributed by atoms with E-state index in [0.717, 1.165) is 5.56 Å². The molecule has 1 N–H and O–H groups in total. The summed E-state index contributed by atoms with van der Waals surface area (Å²) in [4.78, 5) is 18.0. The standard InChI is InChI=1S/C20H22N4O2S/c1-20(2,3)19-24-23-18(26-19)16-7-5-6-15(22-16)17(25)21-12-13-8-10-14(27-4)11-9-13/h5-11H,12H2,1-4H3,(H,21,25). The molecule has 2 heterocycles. The fourth-order valence-corrected chi connectivity index (χ4v) is 2.73. The number of thioether (sulfide) groups is 1. The van der Waals surface area contributed by atoms with Gasteiger partial charge in [0.25, 0.3) is 11.8 Å². The van der Waals surface area contributed by atoms with Gasteiger partial charge in [0.15, 0.2) is 0 Å². The van der Waals surface area contributed by atoms with Crippen LogP contribution in [-0.2, 0) is 12.0 Å². The molecule has 0 saturated heterocycles. The number of carbonyl (C=O) groups excluding carboxylic acids is 1. The first kappa shape index (κ1) is 19.1. The number of benzene rings is 1. The molecule has 0 spiro atoms. The van der Waals surface area contributed by atoms with E-state index < -0.39 is 0 Å². The van der Waals surface area contributed by atoms with Crippen molar-refractivity contribution in [3.63, 3.8) is 0 Å². The molecule has 6 nitrogen and oxygen atoms in total. The maximum atomic E-state index is 12.4. The van der Waals surface area contributed by atoms with Gasteiger partial charge in [-0.1, -0.05) is 39.0 Å². The summed E-state index contributed by atoms with van der Waals surface area (Å²) >= 11 is 1.68. The van der Waals surface area contributed by atoms with Crippen molar-refractivity contribution in [3.05, 3.63) is 59.6 Å². The Kier molecular flexibility index (Phi) is 5.60. The molecule has 140 valence electrons. The van der Waals surface area contributed by atoms with Crippen LogP contribution < -0.4 is 5.32 Å². The normalized spacial score (nSPS) is 11.4. The minimum atomic E-state index is -0.249. The van der Waals surface area contributed by atoms with E-state index in [-0.39, 0.29) is 11.3 Å². The second-order valence-corrected chi connectivity index (χ2v) is 7.98. The lowest BCUT2D eigenvalue weighted by Gasteiger charge is -2.10. The zero-order valence-corrected chi connectivity index (χ0v) is 16.6. The number of carbonyl (C=O) groups is 1. The van der Waals surface area contributed by atoms with Crippen molar-refractivity contribution < 1.29 is 9.21 Å². The second kappa shape index (κ2) is 7.92. The summed E-state index contributed by atoms with van der Waals surface area (Å²) in [6.45, 7) is 6.42. The summed E-state index contributed by atoms with van der Waals surface area (Å²) in [5, 5.41) is 11.0. The molecule has 0 radical (unpaired) electrons. The van der Waals surface area contributed by atoms with Crippen LogP contribution in [-0.4, -0.2) is 27.3 Å². The highest BCUT2D eigenvalue weighted by Crippen LogP contribution is 2.24. The Labute approximate surface area is 162 Å². The van der Waals surface area contributed by atoms with Crippen molar-refractivity contribution in [3.8, 4) is 11.6 Å². The monoisotopic (exact) mass is 382 g/mol. The number of aromatic nitrogens is 3. The number of nitrogens with zero attached hydrogens (tertiary/aromatic N) is 3. The first-order valence-corrected chi connectivity index (χ1v) is 9.82. The van der Waals surface area contributed by atoms with Crippen LogP contribution >= 0.6 is 11.8 Å². The van der Waals surface area contributed by atoms with E-state index >= 15 is 0 Å². The predicted octanol–water partition coefficient (Wildman–Crippen LogP) is 4.08. The van der Waals surface area contributed by atoms with Crippen LogP contribution in [0.3, 0.4) is 0 Å². The van der Waals surface area contributed by atoms with Crippen molar-refractivity contribution in [1.82, 2.24) is 20.5 Å². The number of nitrogens with one attached hydrogen (secondary N) is 1. The lowest BCUT2D eigenvalue weighted by Crippen LogP contribution is -2.23. The predicted molar refractivity (Wildman–Crippen MR) is 106 cm³/mol. The Bertz CT molecular complexity index is 930. The molecule has 0 atom stereocenters. The minimum Gasteiger partial charge on any atom is -0.419 e. The van der Waals surface area contributed by atoms with E-state index in [9.17, 15) is 4.79 Å². The summed E-state index contributed by atoms with van der Waals surface area (Å²) in [7, 11) is 0. The first-order valence-electron chi connectivity index (χ1n) is 8.59. The molecule has 7 heteroatoms. The van der Waals surface area contributed by atoms with Crippen LogP contribution in [0.25, 0.3) is 11.6 Å². The maximum Gasteiger partial charge on any atom is 0.270 e. The molecule has 0 saturated carbocycles. The molecule has 0 fully saturated rings. The van der Waals surface area contributed by atoms with Gasteiger partial charge in [0.05, 0.1) is 0 Å². The number of pyridine rings is 1. The summed E-state index contributed by atoms with van der Waals surface area (Å²) in [5.74, 6) is 0.589. The molecule has 0 unspecified atom stereocenters. The van der Waals surface area contributed by atoms with Crippen LogP contribution in [0.5, 0.6) is 0 Å². The third-order valence-electron chi connectivity index (χ3n) is 3.88. The van der Waals surface area contributed by atoms with Gasteiger partial charge in [-0.15, -0.1) is 22.0 Å². The number of rotatable bonds is 5.